The van der Waals surface area contributed by atoms with Crippen molar-refractivity contribution in [2.24, 2.45) is 0 Å². The Morgan fingerprint density at radius 3 is 2.50 bits per heavy atom. The molecule has 0 saturated heterocycles. The van der Waals surface area contributed by atoms with E-state index in [1.54, 1.807) is 0 Å². The molecule has 2 atom stereocenters. The first kappa shape index (κ1) is 6.45. The predicted molar refractivity (Wildman–Crippen MR) is 25.5 cm³/mol. The van der Waals surface area contributed by atoms with Crippen LogP contribution in [0, 0.1) is 0 Å². The summed E-state index contributed by atoms with van der Waals surface area (Å²) in [6.07, 6.45) is 0.214. The van der Waals surface area contributed by atoms with Gasteiger partial charge in [0.2, 0.25) is 0 Å². The Morgan fingerprint density at radius 2 is 2.50 bits per heavy atom. The molecule has 0 bridgehead atoms. The van der Waals surface area contributed by atoms with Crippen LogP contribution in [0.3, 0.4) is 0 Å². The van der Waals surface area contributed by atoms with Crippen LogP contribution in [0.25, 0.3) is 0 Å². The summed E-state index contributed by atoms with van der Waals surface area (Å²) in [7, 11) is -0.214. The van der Waals surface area contributed by atoms with E-state index in [0.717, 1.165) is 0 Å². The molecule has 0 aromatic heterocycles. The molecule has 0 fully saturated rings. The topological polar surface area (TPSA) is 46.5 Å². The van der Waals surface area contributed by atoms with E-state index in [4.69, 9.17) is 4.89 Å². The average molecular weight is 127 g/mol. The summed E-state index contributed by atoms with van der Waals surface area (Å²) in [5, 5.41) is 0. The van der Waals surface area contributed by atoms with E-state index in [9.17, 15) is 4.57 Å². The van der Waals surface area contributed by atoms with Crippen LogP contribution in [0.1, 0.15) is 0 Å². The van der Waals surface area contributed by atoms with Gasteiger partial charge in [-0.3, -0.25) is 0 Å². The Bertz CT molecular complexity index is 52.8. The third-order valence-electron chi connectivity index (χ3n) is 0.185. The molecule has 0 rings (SSSR count). The number of rotatable bonds is 2. The predicted octanol–water partition coefficient (Wildman–Crippen LogP) is 0.485. The fraction of sp³-hybridized carbons (Fsp3) is 1.00. The van der Waals surface area contributed by atoms with Crippen LogP contribution in [-0.2, 0) is 9.09 Å². The zero-order valence-electron chi connectivity index (χ0n) is 3.00. The highest BCUT2D eigenvalue weighted by molar-refractivity contribution is 7.32. The molecular weight excluding hydrogens is 122 g/mol. The molecule has 0 aromatic rings. The highest BCUT2D eigenvalue weighted by atomic mass is 31.1. The summed E-state index contributed by atoms with van der Waals surface area (Å²) in [5.74, 6) is 0. The van der Waals surface area contributed by atoms with Crippen molar-refractivity contribution in [3.8, 4) is 0 Å². The van der Waals surface area contributed by atoms with Gasteiger partial charge in [-0.15, -0.1) is 18.7 Å². The molecular formula is CH5O3P2+. The van der Waals surface area contributed by atoms with Crippen molar-refractivity contribution >= 4 is 17.5 Å². The Hall–Kier alpha value is 0.450. The van der Waals surface area contributed by atoms with E-state index in [2.05, 4.69) is 13.8 Å². The molecule has 0 aliphatic carbocycles. The minimum absolute atomic E-state index is 0.214. The maximum Gasteiger partial charge on any atom is 0.695 e. The van der Waals surface area contributed by atoms with Gasteiger partial charge in [-0.05, 0) is 0 Å². The lowest BCUT2D eigenvalue weighted by Gasteiger charge is -1.68. The van der Waals surface area contributed by atoms with E-state index < -0.39 is 8.25 Å². The van der Waals surface area contributed by atoms with E-state index in [0.29, 0.717) is 0 Å². The second-order valence-electron chi connectivity index (χ2n) is 0.534. The minimum Gasteiger partial charge on any atom is -0.133 e. The molecule has 0 amide bonds. The molecule has 0 aliphatic rings. The van der Waals surface area contributed by atoms with Crippen molar-refractivity contribution in [1.29, 1.82) is 0 Å². The standard InChI is InChI=1S/CH4O3P2/c2-6(3)4-1-5/h1,5H2/p+1. The highest BCUT2D eigenvalue weighted by Gasteiger charge is 2.06. The molecule has 1 N–H and O–H groups in total. The fourth-order valence-corrected chi connectivity index (χ4v) is 0.574. The SMILES string of the molecule is O=[P+](O)OCP. The van der Waals surface area contributed by atoms with E-state index in [1.165, 1.54) is 0 Å². The van der Waals surface area contributed by atoms with Gasteiger partial charge in [-0.1, -0.05) is 0 Å². The molecule has 0 heterocycles. The van der Waals surface area contributed by atoms with Crippen LogP contribution < -0.4 is 0 Å². The molecule has 0 radical (unpaired) electrons. The van der Waals surface area contributed by atoms with Crippen LogP contribution >= 0.6 is 17.5 Å². The van der Waals surface area contributed by atoms with Gasteiger partial charge < -0.3 is 0 Å². The molecule has 0 spiro atoms. The quantitative estimate of drug-likeness (QED) is 0.549. The summed E-state index contributed by atoms with van der Waals surface area (Å²) >= 11 is 0. The fourth-order valence-electron chi connectivity index (χ4n) is 0.0638. The van der Waals surface area contributed by atoms with Crippen molar-refractivity contribution in [2.45, 2.75) is 0 Å². The zero-order valence-corrected chi connectivity index (χ0v) is 5.04. The minimum atomic E-state index is -2.37. The van der Waals surface area contributed by atoms with Gasteiger partial charge in [0.05, 0.1) is 0 Å². The first-order chi connectivity index (χ1) is 2.77. The number of hydrogen-bond acceptors (Lipinski definition) is 2. The molecule has 36 valence electrons. The van der Waals surface area contributed by atoms with E-state index >= 15 is 0 Å². The lowest BCUT2D eigenvalue weighted by Crippen LogP contribution is -1.67. The summed E-state index contributed by atoms with van der Waals surface area (Å²) in [6, 6.07) is 0. The van der Waals surface area contributed by atoms with Gasteiger partial charge >= 0.3 is 8.25 Å². The maximum atomic E-state index is 9.51. The summed E-state index contributed by atoms with van der Waals surface area (Å²) in [4.78, 5) is 7.83. The Labute approximate surface area is 38.9 Å². The third-order valence-corrected chi connectivity index (χ3v) is 1.00. The van der Waals surface area contributed by atoms with Gasteiger partial charge in [-0.2, -0.15) is 0 Å². The maximum absolute atomic E-state index is 9.51. The van der Waals surface area contributed by atoms with Crippen molar-refractivity contribution in [1.82, 2.24) is 0 Å². The normalized spacial score (nSPS) is 11.3. The number of hydrogen-bond donors (Lipinski definition) is 1. The van der Waals surface area contributed by atoms with Gasteiger partial charge in [0.1, 0.15) is 6.35 Å². The summed E-state index contributed by atoms with van der Waals surface area (Å²) in [6.45, 7) is 0. The van der Waals surface area contributed by atoms with Crippen molar-refractivity contribution in [3.63, 3.8) is 0 Å². The van der Waals surface area contributed by atoms with Crippen LogP contribution in [0.5, 0.6) is 0 Å². The lowest BCUT2D eigenvalue weighted by atomic mass is 11.7. The zero-order chi connectivity index (χ0) is 4.99. The molecule has 0 aliphatic heterocycles. The van der Waals surface area contributed by atoms with E-state index in [-0.39, 0.29) is 6.35 Å². The van der Waals surface area contributed by atoms with Gasteiger partial charge in [0.15, 0.2) is 0 Å². The monoisotopic (exact) mass is 127 g/mol. The van der Waals surface area contributed by atoms with Crippen LogP contribution in [0.4, 0.5) is 0 Å². The highest BCUT2D eigenvalue weighted by Crippen LogP contribution is 2.14. The van der Waals surface area contributed by atoms with Crippen LogP contribution in [0.2, 0.25) is 0 Å². The van der Waals surface area contributed by atoms with Crippen molar-refractivity contribution < 1.29 is 14.0 Å². The molecule has 3 nitrogen and oxygen atoms in total. The molecule has 6 heavy (non-hydrogen) atoms. The first-order valence-electron chi connectivity index (χ1n) is 1.26. The second kappa shape index (κ2) is 3.63. The largest absolute Gasteiger partial charge is 0.695 e. The van der Waals surface area contributed by atoms with E-state index in [1.807, 2.05) is 0 Å². The Balaban J connectivity index is 2.83. The van der Waals surface area contributed by atoms with Gasteiger partial charge in [0.25, 0.3) is 0 Å². The van der Waals surface area contributed by atoms with Gasteiger partial charge in [0, 0.05) is 4.57 Å². The van der Waals surface area contributed by atoms with Crippen molar-refractivity contribution in [3.05, 3.63) is 0 Å². The Kier molecular flexibility index (Phi) is 3.91. The van der Waals surface area contributed by atoms with Crippen LogP contribution in [-0.4, -0.2) is 11.2 Å². The summed E-state index contributed by atoms with van der Waals surface area (Å²) < 4.78 is 13.6. The molecule has 2 unspecified atom stereocenters. The Morgan fingerprint density at radius 1 is 2.00 bits per heavy atom. The smallest absolute Gasteiger partial charge is 0.133 e. The molecule has 0 saturated carbocycles. The average Bonchev–Trinajstić information content (AvgIpc) is 1.35. The van der Waals surface area contributed by atoms with Crippen molar-refractivity contribution in [2.75, 3.05) is 6.35 Å². The van der Waals surface area contributed by atoms with Gasteiger partial charge in [-0.25, -0.2) is 0 Å². The first-order valence-corrected chi connectivity index (χ1v) is 3.21. The second-order valence-corrected chi connectivity index (χ2v) is 1.60. The lowest BCUT2D eigenvalue weighted by molar-refractivity contribution is 0.331. The summed E-state index contributed by atoms with van der Waals surface area (Å²) in [5.41, 5.74) is 0. The third kappa shape index (κ3) is 4.45. The molecule has 5 heteroatoms. The van der Waals surface area contributed by atoms with Crippen LogP contribution in [0.15, 0.2) is 0 Å². The molecule has 0 aromatic carbocycles.